The van der Waals surface area contributed by atoms with Crippen LogP contribution in [0.2, 0.25) is 0 Å². The molecule has 4 heteroatoms. The third kappa shape index (κ3) is 2.81. The van der Waals surface area contributed by atoms with Gasteiger partial charge in [-0.2, -0.15) is 0 Å². The van der Waals surface area contributed by atoms with E-state index in [1.807, 2.05) is 6.92 Å². The molecule has 2 rings (SSSR count). The number of rotatable bonds is 4. The molecule has 0 saturated carbocycles. The molecule has 0 aromatic carbocycles. The van der Waals surface area contributed by atoms with Crippen LogP contribution in [0.15, 0.2) is 5.38 Å². The summed E-state index contributed by atoms with van der Waals surface area (Å²) in [7, 11) is 0. The molecule has 1 N–H and O–H groups in total. The zero-order valence-corrected chi connectivity index (χ0v) is 11.1. The van der Waals surface area contributed by atoms with E-state index in [1.54, 1.807) is 11.3 Å². The number of aryl methyl sites for hydroxylation is 1. The van der Waals surface area contributed by atoms with Gasteiger partial charge in [-0.25, -0.2) is 4.98 Å². The number of hydrogen-bond donors (Lipinski definition) is 1. The van der Waals surface area contributed by atoms with E-state index >= 15 is 0 Å². The minimum absolute atomic E-state index is 0.0271. The van der Waals surface area contributed by atoms with Crippen LogP contribution >= 0.6 is 11.3 Å². The molecule has 1 aliphatic heterocycles. The maximum atomic E-state index is 5.75. The fourth-order valence-corrected chi connectivity index (χ4v) is 2.74. The second kappa shape index (κ2) is 4.82. The summed E-state index contributed by atoms with van der Waals surface area (Å²) in [5.41, 5.74) is 1.17. The van der Waals surface area contributed by atoms with Crippen LogP contribution in [0.4, 0.5) is 0 Å². The van der Waals surface area contributed by atoms with Gasteiger partial charge in [-0.15, -0.1) is 11.3 Å². The van der Waals surface area contributed by atoms with Gasteiger partial charge in [0.1, 0.15) is 0 Å². The lowest BCUT2D eigenvalue weighted by molar-refractivity contribution is 0.0190. The van der Waals surface area contributed by atoms with Crippen LogP contribution < -0.4 is 5.32 Å². The average molecular weight is 240 g/mol. The van der Waals surface area contributed by atoms with E-state index in [9.17, 15) is 0 Å². The highest BCUT2D eigenvalue weighted by atomic mass is 32.1. The van der Waals surface area contributed by atoms with Gasteiger partial charge in [0, 0.05) is 24.6 Å². The standard InChI is InChI=1S/C12H20N2OS/c1-9(11-7-16-10(2)14-11)13-8-12(3)5-4-6-15-12/h7,9,13H,4-6,8H2,1-3H3. The van der Waals surface area contributed by atoms with Crippen LogP contribution in [0.3, 0.4) is 0 Å². The first kappa shape index (κ1) is 12.0. The summed E-state index contributed by atoms with van der Waals surface area (Å²) >= 11 is 1.71. The second-order valence-electron chi connectivity index (χ2n) is 4.80. The molecule has 16 heavy (non-hydrogen) atoms. The second-order valence-corrected chi connectivity index (χ2v) is 5.86. The molecule has 0 spiro atoms. The Morgan fingerprint density at radius 1 is 1.69 bits per heavy atom. The highest BCUT2D eigenvalue weighted by Crippen LogP contribution is 2.25. The van der Waals surface area contributed by atoms with E-state index in [0.29, 0.717) is 6.04 Å². The molecular formula is C12H20N2OS. The fraction of sp³-hybridized carbons (Fsp3) is 0.750. The summed E-state index contributed by atoms with van der Waals surface area (Å²) in [6, 6.07) is 0.311. The van der Waals surface area contributed by atoms with Crippen LogP contribution in [0, 0.1) is 6.92 Å². The Morgan fingerprint density at radius 3 is 3.06 bits per heavy atom. The topological polar surface area (TPSA) is 34.2 Å². The maximum Gasteiger partial charge on any atom is 0.0898 e. The summed E-state index contributed by atoms with van der Waals surface area (Å²) in [5.74, 6) is 0. The number of ether oxygens (including phenoxy) is 1. The van der Waals surface area contributed by atoms with E-state index < -0.39 is 0 Å². The Morgan fingerprint density at radius 2 is 2.50 bits per heavy atom. The predicted molar refractivity (Wildman–Crippen MR) is 66.9 cm³/mol. The average Bonchev–Trinajstić information content (AvgIpc) is 2.85. The van der Waals surface area contributed by atoms with Crippen LogP contribution in [0.5, 0.6) is 0 Å². The van der Waals surface area contributed by atoms with Gasteiger partial charge in [-0.05, 0) is 33.6 Å². The van der Waals surface area contributed by atoms with Gasteiger partial charge in [-0.3, -0.25) is 0 Å². The van der Waals surface area contributed by atoms with Crippen molar-refractivity contribution >= 4 is 11.3 Å². The summed E-state index contributed by atoms with van der Waals surface area (Å²) in [4.78, 5) is 4.49. The van der Waals surface area contributed by atoms with Gasteiger partial charge in [0.05, 0.1) is 16.3 Å². The molecular weight excluding hydrogens is 220 g/mol. The first-order valence-electron chi connectivity index (χ1n) is 5.88. The van der Waals surface area contributed by atoms with Gasteiger partial charge in [0.25, 0.3) is 0 Å². The van der Waals surface area contributed by atoms with E-state index in [-0.39, 0.29) is 5.60 Å². The zero-order chi connectivity index (χ0) is 11.6. The van der Waals surface area contributed by atoms with E-state index in [0.717, 1.165) is 30.3 Å². The Balaban J connectivity index is 1.86. The zero-order valence-electron chi connectivity index (χ0n) is 10.2. The highest BCUT2D eigenvalue weighted by Gasteiger charge is 2.29. The van der Waals surface area contributed by atoms with Crippen molar-refractivity contribution in [1.29, 1.82) is 0 Å². The summed E-state index contributed by atoms with van der Waals surface area (Å²) in [6.45, 7) is 8.20. The largest absolute Gasteiger partial charge is 0.374 e. The molecule has 0 amide bonds. The molecule has 0 radical (unpaired) electrons. The van der Waals surface area contributed by atoms with Crippen molar-refractivity contribution in [1.82, 2.24) is 10.3 Å². The lowest BCUT2D eigenvalue weighted by Gasteiger charge is -2.25. The molecule has 90 valence electrons. The van der Waals surface area contributed by atoms with Gasteiger partial charge in [0.2, 0.25) is 0 Å². The number of aromatic nitrogens is 1. The molecule has 2 unspecified atom stereocenters. The first-order chi connectivity index (χ1) is 7.59. The molecule has 2 heterocycles. The normalized spacial score (nSPS) is 27.2. The van der Waals surface area contributed by atoms with E-state index in [1.165, 1.54) is 6.42 Å². The van der Waals surface area contributed by atoms with Crippen molar-refractivity contribution in [3.05, 3.63) is 16.1 Å². The van der Waals surface area contributed by atoms with Gasteiger partial charge >= 0.3 is 0 Å². The Bertz CT molecular complexity index is 345. The molecule has 3 nitrogen and oxygen atoms in total. The number of thiazole rings is 1. The molecule has 1 aromatic heterocycles. The Kier molecular flexibility index (Phi) is 3.62. The third-order valence-electron chi connectivity index (χ3n) is 3.16. The molecule has 2 atom stereocenters. The maximum absolute atomic E-state index is 5.75. The monoisotopic (exact) mass is 240 g/mol. The van der Waals surface area contributed by atoms with Crippen LogP contribution in [-0.2, 0) is 4.74 Å². The van der Waals surface area contributed by atoms with Crippen LogP contribution in [0.25, 0.3) is 0 Å². The minimum atomic E-state index is 0.0271. The molecule has 0 aliphatic carbocycles. The van der Waals surface area contributed by atoms with Crippen LogP contribution in [0.1, 0.15) is 43.4 Å². The lowest BCUT2D eigenvalue weighted by atomic mass is 10.0. The third-order valence-corrected chi connectivity index (χ3v) is 3.95. The van der Waals surface area contributed by atoms with Crippen molar-refractivity contribution in [3.63, 3.8) is 0 Å². The minimum Gasteiger partial charge on any atom is -0.374 e. The number of nitrogens with zero attached hydrogens (tertiary/aromatic N) is 1. The fourth-order valence-electron chi connectivity index (χ4n) is 2.03. The molecule has 1 aromatic rings. The van der Waals surface area contributed by atoms with E-state index in [4.69, 9.17) is 4.74 Å². The Labute approximate surface area is 101 Å². The smallest absolute Gasteiger partial charge is 0.0898 e. The summed E-state index contributed by atoms with van der Waals surface area (Å²) in [5, 5.41) is 6.78. The first-order valence-corrected chi connectivity index (χ1v) is 6.76. The van der Waals surface area contributed by atoms with E-state index in [2.05, 4.69) is 29.5 Å². The number of nitrogens with one attached hydrogen (secondary N) is 1. The Hall–Kier alpha value is -0.450. The van der Waals surface area contributed by atoms with Gasteiger partial charge < -0.3 is 10.1 Å². The summed E-state index contributed by atoms with van der Waals surface area (Å²) < 4.78 is 5.75. The molecule has 1 saturated heterocycles. The highest BCUT2D eigenvalue weighted by molar-refractivity contribution is 7.09. The van der Waals surface area contributed by atoms with Gasteiger partial charge in [-0.1, -0.05) is 0 Å². The SMILES string of the molecule is Cc1nc(C(C)NCC2(C)CCCO2)cs1. The predicted octanol–water partition coefficient (Wildman–Crippen LogP) is 2.67. The van der Waals surface area contributed by atoms with Gasteiger partial charge in [0.15, 0.2) is 0 Å². The molecule has 1 aliphatic rings. The van der Waals surface area contributed by atoms with Crippen molar-refractivity contribution in [2.75, 3.05) is 13.2 Å². The lowest BCUT2D eigenvalue weighted by Crippen LogP contribution is -2.38. The quantitative estimate of drug-likeness (QED) is 0.878. The molecule has 0 bridgehead atoms. The number of hydrogen-bond acceptors (Lipinski definition) is 4. The van der Waals surface area contributed by atoms with Crippen molar-refractivity contribution < 1.29 is 4.74 Å². The van der Waals surface area contributed by atoms with Crippen LogP contribution in [-0.4, -0.2) is 23.7 Å². The van der Waals surface area contributed by atoms with Crippen molar-refractivity contribution in [2.24, 2.45) is 0 Å². The van der Waals surface area contributed by atoms with Crippen molar-refractivity contribution in [2.45, 2.75) is 45.3 Å². The van der Waals surface area contributed by atoms with Crippen molar-refractivity contribution in [3.8, 4) is 0 Å². The molecule has 1 fully saturated rings. The summed E-state index contributed by atoms with van der Waals surface area (Å²) in [6.07, 6.45) is 2.34.